The van der Waals surface area contributed by atoms with Gasteiger partial charge in [0.05, 0.1) is 16.7 Å². The van der Waals surface area contributed by atoms with Gasteiger partial charge in [0.25, 0.3) is 5.56 Å². The summed E-state index contributed by atoms with van der Waals surface area (Å²) in [6.45, 7) is 8.82. The van der Waals surface area contributed by atoms with Crippen LogP contribution in [0.15, 0.2) is 52.2 Å². The average Bonchev–Trinajstić information content (AvgIpc) is 3.09. The van der Waals surface area contributed by atoms with Gasteiger partial charge in [0.2, 0.25) is 5.78 Å². The number of hydrogen-bond donors (Lipinski definition) is 0. The van der Waals surface area contributed by atoms with E-state index in [9.17, 15) is 4.79 Å². The molecule has 0 atom stereocenters. The van der Waals surface area contributed by atoms with Gasteiger partial charge in [-0.1, -0.05) is 45.0 Å². The van der Waals surface area contributed by atoms with E-state index in [1.807, 2.05) is 28.7 Å². The van der Waals surface area contributed by atoms with Crippen LogP contribution in [0.2, 0.25) is 0 Å². The fraction of sp³-hybridized carbons (Fsp3) is 0.318. The van der Waals surface area contributed by atoms with E-state index < -0.39 is 0 Å². The van der Waals surface area contributed by atoms with Crippen molar-refractivity contribution in [3.8, 4) is 0 Å². The van der Waals surface area contributed by atoms with Crippen LogP contribution in [0.5, 0.6) is 0 Å². The molecule has 0 radical (unpaired) electrons. The summed E-state index contributed by atoms with van der Waals surface area (Å²) in [7, 11) is 1.74. The molecule has 0 aliphatic heterocycles. The highest BCUT2D eigenvalue weighted by Gasteiger charge is 2.17. The largest absolute Gasteiger partial charge is 0.279 e. The van der Waals surface area contributed by atoms with E-state index in [0.29, 0.717) is 16.9 Å². The first-order valence-electron chi connectivity index (χ1n) is 9.33. The number of fused-ring (bicyclic) bond motifs is 3. The molecule has 28 heavy (non-hydrogen) atoms. The SMILES string of the molecule is Cc1ccc(C(C)(C)C)cc1SCc1nnc2n(C)c(=O)c3ccccc3n12. The minimum Gasteiger partial charge on any atom is -0.279 e. The van der Waals surface area contributed by atoms with Crippen LogP contribution < -0.4 is 5.56 Å². The molecule has 2 aromatic heterocycles. The molecule has 0 aliphatic carbocycles. The van der Waals surface area contributed by atoms with Gasteiger partial charge in [-0.25, -0.2) is 0 Å². The van der Waals surface area contributed by atoms with Crippen molar-refractivity contribution in [1.82, 2.24) is 19.2 Å². The zero-order chi connectivity index (χ0) is 20.1. The van der Waals surface area contributed by atoms with Crippen molar-refractivity contribution < 1.29 is 0 Å². The Morgan fingerprint density at radius 1 is 1.07 bits per heavy atom. The molecular formula is C22H24N4OS. The minimum atomic E-state index is -0.0524. The Morgan fingerprint density at radius 3 is 2.57 bits per heavy atom. The number of aryl methyl sites for hydroxylation is 2. The Kier molecular flexibility index (Phi) is 4.54. The maximum Gasteiger partial charge on any atom is 0.262 e. The van der Waals surface area contributed by atoms with E-state index in [-0.39, 0.29) is 11.0 Å². The lowest BCUT2D eigenvalue weighted by atomic mass is 9.87. The molecule has 2 aromatic carbocycles. The van der Waals surface area contributed by atoms with E-state index in [0.717, 1.165) is 11.3 Å². The smallest absolute Gasteiger partial charge is 0.262 e. The minimum absolute atomic E-state index is 0.0524. The summed E-state index contributed by atoms with van der Waals surface area (Å²) in [4.78, 5) is 13.8. The van der Waals surface area contributed by atoms with Gasteiger partial charge in [0, 0.05) is 11.9 Å². The Balaban J connectivity index is 1.77. The summed E-state index contributed by atoms with van der Waals surface area (Å²) in [5.74, 6) is 2.09. The van der Waals surface area contributed by atoms with Crippen LogP contribution in [0, 0.1) is 6.92 Å². The summed E-state index contributed by atoms with van der Waals surface area (Å²) in [6.07, 6.45) is 0. The van der Waals surface area contributed by atoms with Gasteiger partial charge in [-0.3, -0.25) is 13.8 Å². The van der Waals surface area contributed by atoms with E-state index in [1.165, 1.54) is 16.0 Å². The van der Waals surface area contributed by atoms with Gasteiger partial charge in [0.15, 0.2) is 0 Å². The molecule has 0 spiro atoms. The average molecular weight is 393 g/mol. The molecule has 0 unspecified atom stereocenters. The van der Waals surface area contributed by atoms with Crippen molar-refractivity contribution in [2.45, 2.75) is 43.8 Å². The molecule has 0 aliphatic rings. The monoisotopic (exact) mass is 392 g/mol. The fourth-order valence-corrected chi connectivity index (χ4v) is 4.33. The van der Waals surface area contributed by atoms with Gasteiger partial charge in [-0.15, -0.1) is 22.0 Å². The third kappa shape index (κ3) is 3.11. The fourth-order valence-electron chi connectivity index (χ4n) is 3.35. The lowest BCUT2D eigenvalue weighted by molar-refractivity contribution is 0.588. The first-order chi connectivity index (χ1) is 13.3. The molecule has 5 nitrogen and oxygen atoms in total. The van der Waals surface area contributed by atoms with Crippen LogP contribution in [0.25, 0.3) is 16.7 Å². The van der Waals surface area contributed by atoms with Crippen LogP contribution >= 0.6 is 11.8 Å². The highest BCUT2D eigenvalue weighted by molar-refractivity contribution is 7.98. The zero-order valence-corrected chi connectivity index (χ0v) is 17.7. The Hall–Kier alpha value is -2.60. The van der Waals surface area contributed by atoms with E-state index in [4.69, 9.17) is 0 Å². The normalized spacial score (nSPS) is 12.2. The quantitative estimate of drug-likeness (QED) is 0.483. The summed E-state index contributed by atoms with van der Waals surface area (Å²) in [6, 6.07) is 14.3. The molecule has 4 rings (SSSR count). The predicted octanol–water partition coefficient (Wildman–Crippen LogP) is 4.48. The van der Waals surface area contributed by atoms with Gasteiger partial charge in [0.1, 0.15) is 5.82 Å². The highest BCUT2D eigenvalue weighted by atomic mass is 32.2. The number of thioether (sulfide) groups is 1. The molecule has 144 valence electrons. The Labute approximate surface area is 168 Å². The third-order valence-corrected chi connectivity index (χ3v) is 6.26. The molecule has 6 heteroatoms. The van der Waals surface area contributed by atoms with Crippen molar-refractivity contribution in [3.63, 3.8) is 0 Å². The lowest BCUT2D eigenvalue weighted by Crippen LogP contribution is -2.20. The van der Waals surface area contributed by atoms with Crippen molar-refractivity contribution >= 4 is 28.4 Å². The van der Waals surface area contributed by atoms with E-state index >= 15 is 0 Å². The van der Waals surface area contributed by atoms with E-state index in [1.54, 1.807) is 23.4 Å². The number of benzene rings is 2. The molecule has 0 saturated heterocycles. The third-order valence-electron chi connectivity index (χ3n) is 5.10. The van der Waals surface area contributed by atoms with Gasteiger partial charge < -0.3 is 0 Å². The van der Waals surface area contributed by atoms with Crippen molar-refractivity contribution in [3.05, 3.63) is 69.8 Å². The maximum atomic E-state index is 12.6. The van der Waals surface area contributed by atoms with E-state index in [2.05, 4.69) is 56.1 Å². The lowest BCUT2D eigenvalue weighted by Gasteiger charge is -2.20. The molecular weight excluding hydrogens is 368 g/mol. The topological polar surface area (TPSA) is 52.2 Å². The van der Waals surface area contributed by atoms with Gasteiger partial charge in [-0.2, -0.15) is 0 Å². The Morgan fingerprint density at radius 2 is 1.82 bits per heavy atom. The molecule has 0 amide bonds. The summed E-state index contributed by atoms with van der Waals surface area (Å²) >= 11 is 1.76. The first-order valence-corrected chi connectivity index (χ1v) is 10.3. The van der Waals surface area contributed by atoms with Gasteiger partial charge in [-0.05, 0) is 41.7 Å². The standard InChI is InChI=1S/C22H24N4OS/c1-14-10-11-15(22(2,3)4)12-18(14)28-13-19-23-24-21-25(5)20(27)16-8-6-7-9-17(16)26(19)21/h6-12H,13H2,1-5H3. The number of hydrogen-bond acceptors (Lipinski definition) is 4. The predicted molar refractivity (Wildman–Crippen MR) is 115 cm³/mol. The van der Waals surface area contributed by atoms with Gasteiger partial charge >= 0.3 is 0 Å². The summed E-state index contributed by atoms with van der Waals surface area (Å²) in [5.41, 5.74) is 3.48. The zero-order valence-electron chi connectivity index (χ0n) is 16.9. The molecule has 0 N–H and O–H groups in total. The highest BCUT2D eigenvalue weighted by Crippen LogP contribution is 2.31. The number of nitrogens with zero attached hydrogens (tertiary/aromatic N) is 4. The summed E-state index contributed by atoms with van der Waals surface area (Å²) < 4.78 is 3.56. The molecule has 2 heterocycles. The second kappa shape index (κ2) is 6.78. The van der Waals surface area contributed by atoms with Crippen LogP contribution in [-0.4, -0.2) is 19.2 Å². The van der Waals surface area contributed by atoms with Crippen molar-refractivity contribution in [1.29, 1.82) is 0 Å². The molecule has 0 saturated carbocycles. The van der Waals surface area contributed by atoms with Crippen LogP contribution in [0.1, 0.15) is 37.7 Å². The molecule has 4 aromatic rings. The maximum absolute atomic E-state index is 12.6. The van der Waals surface area contributed by atoms with Crippen LogP contribution in [-0.2, 0) is 18.2 Å². The van der Waals surface area contributed by atoms with Crippen LogP contribution in [0.3, 0.4) is 0 Å². The van der Waals surface area contributed by atoms with Crippen molar-refractivity contribution in [2.24, 2.45) is 7.05 Å². The van der Waals surface area contributed by atoms with Crippen LogP contribution in [0.4, 0.5) is 0 Å². The second-order valence-corrected chi connectivity index (χ2v) is 9.17. The Bertz CT molecular complexity index is 1250. The van der Waals surface area contributed by atoms with Crippen molar-refractivity contribution in [2.75, 3.05) is 0 Å². The first kappa shape index (κ1) is 18.7. The number of rotatable bonds is 3. The molecule has 0 fully saturated rings. The summed E-state index contributed by atoms with van der Waals surface area (Å²) in [5, 5.41) is 9.35. The second-order valence-electron chi connectivity index (χ2n) is 8.15. The number of para-hydroxylation sites is 1. The molecule has 0 bridgehead atoms. The number of aromatic nitrogens is 4.